The normalized spacial score (nSPS) is 18.6. The first-order valence-corrected chi connectivity index (χ1v) is 6.77. The molecule has 1 aromatic carbocycles. The molecule has 112 valence electrons. The topological polar surface area (TPSA) is 102 Å². The summed E-state index contributed by atoms with van der Waals surface area (Å²) in [6.07, 6.45) is 1.81. The lowest BCUT2D eigenvalue weighted by Gasteiger charge is -2.19. The molecule has 2 rings (SSSR count). The number of aliphatic imine (C=N–C) groups is 1. The molecule has 2 N–H and O–H groups in total. The van der Waals surface area contributed by atoms with Crippen LogP contribution in [0.3, 0.4) is 0 Å². The summed E-state index contributed by atoms with van der Waals surface area (Å²) < 4.78 is 0. The van der Waals surface area contributed by atoms with Gasteiger partial charge in [-0.2, -0.15) is 15.5 Å². The fourth-order valence-electron chi connectivity index (χ4n) is 2.05. The molecule has 0 aromatic heterocycles. The number of rotatable bonds is 4. The maximum Gasteiger partial charge on any atom is 0.240 e. The highest BCUT2D eigenvalue weighted by molar-refractivity contribution is 6.38. The summed E-state index contributed by atoms with van der Waals surface area (Å²) in [7, 11) is 1.58. The maximum atomic E-state index is 11.3. The molecule has 0 radical (unpaired) electrons. The molecule has 22 heavy (non-hydrogen) atoms. The van der Waals surface area contributed by atoms with Crippen molar-refractivity contribution < 1.29 is 4.79 Å². The number of nitrogens with one attached hydrogen (secondary N) is 2. The SMILES string of the molecule is CN=C/C(C#N)=N/Nc1ccc(C2=NNC(=O)CC2C)cc1. The summed E-state index contributed by atoms with van der Waals surface area (Å²) in [5, 5.41) is 16.9. The fraction of sp³-hybridized carbons (Fsp3) is 0.267. The highest BCUT2D eigenvalue weighted by Crippen LogP contribution is 2.18. The van der Waals surface area contributed by atoms with E-state index in [1.165, 1.54) is 6.21 Å². The molecule has 0 saturated carbocycles. The second-order valence-corrected chi connectivity index (χ2v) is 4.82. The third kappa shape index (κ3) is 3.76. The molecular formula is C15H16N6O. The Morgan fingerprint density at radius 1 is 1.50 bits per heavy atom. The number of nitrogens with zero attached hydrogens (tertiary/aromatic N) is 4. The van der Waals surface area contributed by atoms with E-state index in [1.54, 1.807) is 7.05 Å². The van der Waals surface area contributed by atoms with Gasteiger partial charge >= 0.3 is 0 Å². The van der Waals surface area contributed by atoms with Crippen LogP contribution in [0.4, 0.5) is 5.69 Å². The lowest BCUT2D eigenvalue weighted by atomic mass is 9.94. The van der Waals surface area contributed by atoms with Gasteiger partial charge in [-0.1, -0.05) is 19.1 Å². The van der Waals surface area contributed by atoms with E-state index < -0.39 is 0 Å². The number of carbonyl (C=O) groups is 1. The summed E-state index contributed by atoms with van der Waals surface area (Å²) in [4.78, 5) is 15.0. The van der Waals surface area contributed by atoms with Gasteiger partial charge in [0.2, 0.25) is 5.91 Å². The van der Waals surface area contributed by atoms with E-state index in [0.717, 1.165) is 17.0 Å². The van der Waals surface area contributed by atoms with Crippen molar-refractivity contribution in [1.82, 2.24) is 5.43 Å². The molecule has 0 aliphatic carbocycles. The standard InChI is InChI=1S/C15H16N6O/c1-10-7-14(22)20-21-15(10)11-3-5-12(6-4-11)18-19-13(8-16)9-17-2/h3-6,9-10,18H,7H2,1-2H3,(H,20,22)/b17-9?,19-13+. The molecule has 0 bridgehead atoms. The minimum atomic E-state index is -0.0644. The molecule has 0 fully saturated rings. The first-order valence-electron chi connectivity index (χ1n) is 6.77. The van der Waals surface area contributed by atoms with Gasteiger partial charge in [-0.3, -0.25) is 15.2 Å². The molecule has 7 heteroatoms. The lowest BCUT2D eigenvalue weighted by Crippen LogP contribution is -2.31. The number of anilines is 1. The van der Waals surface area contributed by atoms with Gasteiger partial charge in [-0.25, -0.2) is 5.43 Å². The minimum absolute atomic E-state index is 0.0644. The Bertz CT molecular complexity index is 681. The quantitative estimate of drug-likeness (QED) is 0.650. The largest absolute Gasteiger partial charge is 0.293 e. The van der Waals surface area contributed by atoms with E-state index in [1.807, 2.05) is 37.3 Å². The molecule has 0 spiro atoms. The predicted octanol–water partition coefficient (Wildman–Crippen LogP) is 1.54. The summed E-state index contributed by atoms with van der Waals surface area (Å²) in [6.45, 7) is 1.97. The molecule has 1 aromatic rings. The number of hydrazone groups is 2. The summed E-state index contributed by atoms with van der Waals surface area (Å²) in [5.74, 6) is 0.0158. The Hall–Kier alpha value is -3.01. The van der Waals surface area contributed by atoms with Crippen LogP contribution >= 0.6 is 0 Å². The third-order valence-corrected chi connectivity index (χ3v) is 3.11. The van der Waals surface area contributed by atoms with Gasteiger partial charge in [0.15, 0.2) is 5.71 Å². The Kier molecular flexibility index (Phi) is 4.98. The van der Waals surface area contributed by atoms with E-state index >= 15 is 0 Å². The number of amides is 1. The van der Waals surface area contributed by atoms with Crippen LogP contribution in [0, 0.1) is 17.2 Å². The van der Waals surface area contributed by atoms with E-state index in [-0.39, 0.29) is 17.5 Å². The Labute approximate surface area is 128 Å². The van der Waals surface area contributed by atoms with Crippen LogP contribution in [-0.2, 0) is 4.79 Å². The number of carbonyl (C=O) groups excluding carboxylic acids is 1. The van der Waals surface area contributed by atoms with Gasteiger partial charge in [0.25, 0.3) is 0 Å². The summed E-state index contributed by atoms with van der Waals surface area (Å²) in [5.41, 5.74) is 8.02. The van der Waals surface area contributed by atoms with Crippen LogP contribution < -0.4 is 10.9 Å². The Morgan fingerprint density at radius 3 is 2.82 bits per heavy atom. The third-order valence-electron chi connectivity index (χ3n) is 3.11. The molecule has 1 unspecified atom stereocenters. The van der Waals surface area contributed by atoms with Gasteiger partial charge in [-0.05, 0) is 17.7 Å². The molecule has 0 saturated heterocycles. The smallest absolute Gasteiger partial charge is 0.240 e. The van der Waals surface area contributed by atoms with Gasteiger partial charge < -0.3 is 0 Å². The highest BCUT2D eigenvalue weighted by atomic mass is 16.2. The lowest BCUT2D eigenvalue weighted by molar-refractivity contribution is -0.121. The minimum Gasteiger partial charge on any atom is -0.293 e. The Morgan fingerprint density at radius 2 is 2.23 bits per heavy atom. The van der Waals surface area contributed by atoms with Crippen LogP contribution in [0.1, 0.15) is 18.9 Å². The molecule has 7 nitrogen and oxygen atoms in total. The molecule has 1 atom stereocenters. The van der Waals surface area contributed by atoms with Crippen molar-refractivity contribution >= 4 is 29.2 Å². The van der Waals surface area contributed by atoms with Crippen LogP contribution in [0.25, 0.3) is 0 Å². The highest BCUT2D eigenvalue weighted by Gasteiger charge is 2.21. The predicted molar refractivity (Wildman–Crippen MR) is 86.0 cm³/mol. The van der Waals surface area contributed by atoms with E-state index in [4.69, 9.17) is 5.26 Å². The van der Waals surface area contributed by atoms with Crippen molar-refractivity contribution in [2.45, 2.75) is 13.3 Å². The van der Waals surface area contributed by atoms with Crippen molar-refractivity contribution in [2.75, 3.05) is 12.5 Å². The van der Waals surface area contributed by atoms with E-state index in [2.05, 4.69) is 26.0 Å². The maximum absolute atomic E-state index is 11.3. The van der Waals surface area contributed by atoms with Crippen LogP contribution in [0.15, 0.2) is 39.5 Å². The van der Waals surface area contributed by atoms with Gasteiger partial charge in [-0.15, -0.1) is 0 Å². The average Bonchev–Trinajstić information content (AvgIpc) is 2.52. The number of benzene rings is 1. The number of hydrogen-bond donors (Lipinski definition) is 2. The first-order chi connectivity index (χ1) is 10.6. The van der Waals surface area contributed by atoms with Crippen molar-refractivity contribution in [3.63, 3.8) is 0 Å². The molecule has 1 aliphatic rings. The molecule has 1 heterocycles. The average molecular weight is 296 g/mol. The van der Waals surface area contributed by atoms with Crippen LogP contribution in [0.5, 0.6) is 0 Å². The zero-order valence-electron chi connectivity index (χ0n) is 12.4. The first kappa shape index (κ1) is 15.4. The molecule has 1 aliphatic heterocycles. The summed E-state index contributed by atoms with van der Waals surface area (Å²) >= 11 is 0. The van der Waals surface area contributed by atoms with E-state index in [9.17, 15) is 4.79 Å². The van der Waals surface area contributed by atoms with Gasteiger partial charge in [0.1, 0.15) is 6.07 Å². The monoisotopic (exact) mass is 296 g/mol. The number of hydrogen-bond acceptors (Lipinski definition) is 6. The van der Waals surface area contributed by atoms with Crippen molar-refractivity contribution in [1.29, 1.82) is 5.26 Å². The van der Waals surface area contributed by atoms with Crippen LogP contribution in [-0.4, -0.2) is 30.6 Å². The van der Waals surface area contributed by atoms with Crippen molar-refractivity contribution in [2.24, 2.45) is 21.1 Å². The fourth-order valence-corrected chi connectivity index (χ4v) is 2.05. The molecular weight excluding hydrogens is 280 g/mol. The molecule has 1 amide bonds. The van der Waals surface area contributed by atoms with Crippen molar-refractivity contribution in [3.8, 4) is 6.07 Å². The second-order valence-electron chi connectivity index (χ2n) is 4.82. The zero-order chi connectivity index (χ0) is 15.9. The van der Waals surface area contributed by atoms with Gasteiger partial charge in [0, 0.05) is 19.4 Å². The Balaban J connectivity index is 2.11. The number of nitriles is 1. The van der Waals surface area contributed by atoms with Gasteiger partial charge in [0.05, 0.1) is 17.6 Å². The van der Waals surface area contributed by atoms with E-state index in [0.29, 0.717) is 6.42 Å². The van der Waals surface area contributed by atoms with Crippen LogP contribution in [0.2, 0.25) is 0 Å². The summed E-state index contributed by atoms with van der Waals surface area (Å²) in [6, 6.07) is 9.38. The second kappa shape index (κ2) is 7.13. The van der Waals surface area contributed by atoms with Crippen molar-refractivity contribution in [3.05, 3.63) is 29.8 Å². The zero-order valence-corrected chi connectivity index (χ0v) is 12.4.